The van der Waals surface area contributed by atoms with Crippen LogP contribution in [0.4, 0.5) is 18.0 Å². The van der Waals surface area contributed by atoms with Crippen LogP contribution in [0.3, 0.4) is 0 Å². The minimum Gasteiger partial charge on any atom is -0.508 e. The summed E-state index contributed by atoms with van der Waals surface area (Å²) in [7, 11) is 1.35. The number of alkyl halides is 3. The molecule has 10 heteroatoms. The van der Waals surface area contributed by atoms with Crippen LogP contribution in [0.1, 0.15) is 24.2 Å². The SMILES string of the molecule is Cn1ccnc1C(O)(CCNC(=O)NCCCc1ccc(O)cc1)C(F)(F)F. The molecule has 0 aliphatic carbocycles. The van der Waals surface area contributed by atoms with Gasteiger partial charge in [-0.2, -0.15) is 13.2 Å². The lowest BCUT2D eigenvalue weighted by atomic mass is 9.97. The van der Waals surface area contributed by atoms with Crippen LogP contribution in [0.15, 0.2) is 36.7 Å². The standard InChI is InChI=1S/C18H23F3N4O3/c1-25-12-11-22-15(25)17(28,18(19,20)21)8-10-24-16(27)23-9-2-3-13-4-6-14(26)7-5-13/h4-7,11-12,26,28H,2-3,8-10H2,1H3,(H2,23,24,27). The smallest absolute Gasteiger partial charge is 0.424 e. The number of aryl methyl sites for hydroxylation is 2. The Labute approximate surface area is 160 Å². The monoisotopic (exact) mass is 400 g/mol. The van der Waals surface area contributed by atoms with Crippen molar-refractivity contribution in [1.82, 2.24) is 20.2 Å². The van der Waals surface area contributed by atoms with Crippen molar-refractivity contribution >= 4 is 6.03 Å². The molecule has 1 unspecified atom stereocenters. The Morgan fingerprint density at radius 1 is 1.18 bits per heavy atom. The first kappa shape index (κ1) is 21.5. The number of halogens is 3. The van der Waals surface area contributed by atoms with Crippen molar-refractivity contribution in [3.63, 3.8) is 0 Å². The Kier molecular flexibility index (Phi) is 6.90. The number of rotatable bonds is 8. The quantitative estimate of drug-likeness (QED) is 0.511. The maximum atomic E-state index is 13.4. The number of phenolic OH excluding ortho intramolecular Hbond substituents is 1. The van der Waals surface area contributed by atoms with Crippen LogP contribution in [0, 0.1) is 0 Å². The van der Waals surface area contributed by atoms with E-state index in [1.165, 1.54) is 19.4 Å². The molecule has 0 radical (unpaired) electrons. The molecule has 0 spiro atoms. The minimum absolute atomic E-state index is 0.172. The third-order valence-electron chi connectivity index (χ3n) is 4.30. The van der Waals surface area contributed by atoms with E-state index >= 15 is 0 Å². The van der Waals surface area contributed by atoms with Gasteiger partial charge in [-0.25, -0.2) is 9.78 Å². The second kappa shape index (κ2) is 8.96. The highest BCUT2D eigenvalue weighted by molar-refractivity contribution is 5.73. The van der Waals surface area contributed by atoms with Crippen molar-refractivity contribution in [2.24, 2.45) is 7.05 Å². The van der Waals surface area contributed by atoms with E-state index in [4.69, 9.17) is 0 Å². The maximum Gasteiger partial charge on any atom is 0.424 e. The van der Waals surface area contributed by atoms with Crippen LogP contribution in [0.25, 0.3) is 0 Å². The number of aliphatic hydroxyl groups is 1. The molecule has 0 aliphatic heterocycles. The largest absolute Gasteiger partial charge is 0.508 e. The Hall–Kier alpha value is -2.75. The van der Waals surface area contributed by atoms with Crippen LogP contribution in [-0.2, 0) is 19.1 Å². The van der Waals surface area contributed by atoms with Gasteiger partial charge in [0.15, 0.2) is 0 Å². The van der Waals surface area contributed by atoms with Gasteiger partial charge >= 0.3 is 12.2 Å². The van der Waals surface area contributed by atoms with E-state index in [0.717, 1.165) is 10.1 Å². The number of nitrogens with zero attached hydrogens (tertiary/aromatic N) is 2. The van der Waals surface area contributed by atoms with Crippen molar-refractivity contribution < 1.29 is 28.2 Å². The van der Waals surface area contributed by atoms with Gasteiger partial charge in [0.1, 0.15) is 11.6 Å². The Bertz CT molecular complexity index is 777. The second-order valence-electron chi connectivity index (χ2n) is 6.42. The van der Waals surface area contributed by atoms with Crippen LogP contribution < -0.4 is 10.6 Å². The molecule has 2 amide bonds. The molecular formula is C18H23F3N4O3. The third kappa shape index (κ3) is 5.38. The fourth-order valence-corrected chi connectivity index (χ4v) is 2.72. The van der Waals surface area contributed by atoms with E-state index in [1.54, 1.807) is 24.3 Å². The highest BCUT2D eigenvalue weighted by Gasteiger charge is 2.57. The summed E-state index contributed by atoms with van der Waals surface area (Å²) >= 11 is 0. The molecule has 1 heterocycles. The first-order chi connectivity index (χ1) is 13.1. The molecule has 2 aromatic rings. The van der Waals surface area contributed by atoms with Gasteiger partial charge in [-0.15, -0.1) is 0 Å². The number of hydrogen-bond donors (Lipinski definition) is 4. The lowest BCUT2D eigenvalue weighted by molar-refractivity contribution is -0.272. The summed E-state index contributed by atoms with van der Waals surface area (Å²) in [5, 5.41) is 24.2. The molecule has 0 saturated heterocycles. The molecule has 1 aromatic carbocycles. The number of urea groups is 1. The highest BCUT2D eigenvalue weighted by Crippen LogP contribution is 2.40. The van der Waals surface area contributed by atoms with Gasteiger partial charge in [-0.05, 0) is 30.5 Å². The van der Waals surface area contributed by atoms with Gasteiger partial charge in [0, 0.05) is 39.0 Å². The number of phenols is 1. The first-order valence-electron chi connectivity index (χ1n) is 8.70. The number of carbonyl (C=O) groups excluding carboxylic acids is 1. The van der Waals surface area contributed by atoms with Gasteiger partial charge in [0.05, 0.1) is 0 Å². The molecule has 0 fully saturated rings. The molecular weight excluding hydrogens is 377 g/mol. The van der Waals surface area contributed by atoms with E-state index in [0.29, 0.717) is 19.4 Å². The van der Waals surface area contributed by atoms with E-state index in [9.17, 15) is 28.2 Å². The molecule has 2 rings (SSSR count). The number of aromatic hydroxyl groups is 1. The van der Waals surface area contributed by atoms with Crippen LogP contribution >= 0.6 is 0 Å². The summed E-state index contributed by atoms with van der Waals surface area (Å²) in [5.74, 6) is -0.360. The van der Waals surface area contributed by atoms with Crippen LogP contribution in [0.5, 0.6) is 5.75 Å². The molecule has 7 nitrogen and oxygen atoms in total. The number of carbonyl (C=O) groups is 1. The Morgan fingerprint density at radius 3 is 2.39 bits per heavy atom. The summed E-state index contributed by atoms with van der Waals surface area (Å²) in [5.41, 5.74) is -2.16. The highest BCUT2D eigenvalue weighted by atomic mass is 19.4. The van der Waals surface area contributed by atoms with Crippen molar-refractivity contribution in [3.8, 4) is 5.75 Å². The average molecular weight is 400 g/mol. The Morgan fingerprint density at radius 2 is 1.82 bits per heavy atom. The van der Waals surface area contributed by atoms with Gasteiger partial charge in [0.25, 0.3) is 0 Å². The van der Waals surface area contributed by atoms with Crippen molar-refractivity contribution in [2.75, 3.05) is 13.1 Å². The van der Waals surface area contributed by atoms with Gasteiger partial charge in [-0.1, -0.05) is 12.1 Å². The minimum atomic E-state index is -4.94. The molecule has 154 valence electrons. The van der Waals surface area contributed by atoms with Crippen LogP contribution in [-0.4, -0.2) is 45.1 Å². The first-order valence-corrected chi connectivity index (χ1v) is 8.70. The molecule has 1 atom stereocenters. The fourth-order valence-electron chi connectivity index (χ4n) is 2.72. The normalized spacial score (nSPS) is 13.8. The summed E-state index contributed by atoms with van der Waals surface area (Å²) < 4.78 is 41.2. The molecule has 0 bridgehead atoms. The summed E-state index contributed by atoms with van der Waals surface area (Å²) in [6, 6.07) is 6.06. The molecule has 0 saturated carbocycles. The lowest BCUT2D eigenvalue weighted by Crippen LogP contribution is -2.47. The number of hydrogen-bond acceptors (Lipinski definition) is 4. The van der Waals surface area contributed by atoms with E-state index in [1.807, 2.05) is 0 Å². The van der Waals surface area contributed by atoms with Crippen molar-refractivity contribution in [1.29, 1.82) is 0 Å². The third-order valence-corrected chi connectivity index (χ3v) is 4.30. The lowest BCUT2D eigenvalue weighted by Gasteiger charge is -2.29. The summed E-state index contributed by atoms with van der Waals surface area (Å²) in [4.78, 5) is 15.3. The molecule has 4 N–H and O–H groups in total. The average Bonchev–Trinajstić information content (AvgIpc) is 3.05. The van der Waals surface area contributed by atoms with Crippen molar-refractivity contribution in [3.05, 3.63) is 48.0 Å². The van der Waals surface area contributed by atoms with E-state index in [2.05, 4.69) is 15.6 Å². The van der Waals surface area contributed by atoms with Crippen LogP contribution in [0.2, 0.25) is 0 Å². The fraction of sp³-hybridized carbons (Fsp3) is 0.444. The topological polar surface area (TPSA) is 99.4 Å². The number of nitrogens with one attached hydrogen (secondary N) is 2. The van der Waals surface area contributed by atoms with Gasteiger partial charge < -0.3 is 25.4 Å². The van der Waals surface area contributed by atoms with Gasteiger partial charge in [-0.3, -0.25) is 0 Å². The van der Waals surface area contributed by atoms with E-state index in [-0.39, 0.29) is 12.3 Å². The molecule has 28 heavy (non-hydrogen) atoms. The predicted octanol–water partition coefficient (Wildman–Crippen LogP) is 2.20. The second-order valence-corrected chi connectivity index (χ2v) is 6.42. The molecule has 0 aliphatic rings. The zero-order valence-electron chi connectivity index (χ0n) is 15.3. The molecule has 1 aromatic heterocycles. The number of aromatic nitrogens is 2. The predicted molar refractivity (Wildman–Crippen MR) is 95.6 cm³/mol. The zero-order valence-corrected chi connectivity index (χ0v) is 15.3. The maximum absolute atomic E-state index is 13.4. The number of imidazole rings is 1. The van der Waals surface area contributed by atoms with Crippen molar-refractivity contribution in [2.45, 2.75) is 31.0 Å². The summed E-state index contributed by atoms with van der Waals surface area (Å²) in [6.45, 7) is -0.0533. The Balaban J connectivity index is 1.77. The van der Waals surface area contributed by atoms with E-state index < -0.39 is 30.1 Å². The number of amides is 2. The zero-order chi connectivity index (χ0) is 20.8. The number of benzene rings is 1. The summed E-state index contributed by atoms with van der Waals surface area (Å²) in [6.07, 6.45) is -1.93. The van der Waals surface area contributed by atoms with Gasteiger partial charge in [0.2, 0.25) is 5.60 Å².